The van der Waals surface area contributed by atoms with E-state index in [-0.39, 0.29) is 11.8 Å². The highest BCUT2D eigenvalue weighted by Gasteiger charge is 2.30. The Bertz CT molecular complexity index is 1000. The number of anilines is 1. The number of aromatic nitrogens is 2. The van der Waals surface area contributed by atoms with Gasteiger partial charge in [-0.2, -0.15) is 4.31 Å². The summed E-state index contributed by atoms with van der Waals surface area (Å²) in [5.41, 5.74) is 1.91. The molecule has 2 heterocycles. The first-order valence-corrected chi connectivity index (χ1v) is 11.5. The average Bonchev–Trinajstić information content (AvgIpc) is 2.73. The Hall–Kier alpha value is -2.52. The van der Waals surface area contributed by atoms with Crippen LogP contribution in [0, 0.1) is 6.92 Å². The van der Waals surface area contributed by atoms with E-state index in [1.165, 1.54) is 6.92 Å². The molecule has 0 saturated carbocycles. The number of nitrogens with one attached hydrogen (secondary N) is 1. The van der Waals surface area contributed by atoms with Crippen LogP contribution in [-0.4, -0.2) is 60.7 Å². The van der Waals surface area contributed by atoms with Crippen LogP contribution in [0.3, 0.4) is 0 Å². The summed E-state index contributed by atoms with van der Waals surface area (Å²) in [7, 11) is 0.0204. The minimum atomic E-state index is -3.49. The van der Waals surface area contributed by atoms with Crippen molar-refractivity contribution in [1.29, 1.82) is 0 Å². The standard InChI is InChI=1S/C21H29N5O3S/c1-15-5-7-18(8-6-15)30(28,29)26-11-9-17(10-12-26)19-13-20(22-3)24-21(23-19)14-25(4)16(2)27/h5-8,13,17H,9-12,14H2,1-4H3,(H,22,23,24). The molecule has 0 radical (unpaired) electrons. The fourth-order valence-corrected chi connectivity index (χ4v) is 4.97. The van der Waals surface area contributed by atoms with Gasteiger partial charge in [0.2, 0.25) is 15.9 Å². The monoisotopic (exact) mass is 431 g/mol. The first kappa shape index (κ1) is 22.2. The number of sulfonamides is 1. The molecular formula is C21H29N5O3S. The van der Waals surface area contributed by atoms with Gasteiger partial charge in [0, 0.05) is 51.8 Å². The Kier molecular flexibility index (Phi) is 6.72. The second kappa shape index (κ2) is 9.09. The van der Waals surface area contributed by atoms with Crippen LogP contribution in [0.5, 0.6) is 0 Å². The lowest BCUT2D eigenvalue weighted by atomic mass is 9.94. The number of carbonyl (C=O) groups is 1. The Balaban J connectivity index is 1.74. The second-order valence-corrected chi connectivity index (χ2v) is 9.65. The first-order valence-electron chi connectivity index (χ1n) is 10.0. The van der Waals surface area contributed by atoms with Crippen LogP contribution in [0.1, 0.15) is 42.8 Å². The Morgan fingerprint density at radius 3 is 2.40 bits per heavy atom. The number of hydrogen-bond acceptors (Lipinski definition) is 6. The van der Waals surface area contributed by atoms with E-state index in [1.807, 2.05) is 25.1 Å². The molecule has 162 valence electrons. The lowest BCUT2D eigenvalue weighted by Gasteiger charge is -2.31. The number of amides is 1. The van der Waals surface area contributed by atoms with Crippen molar-refractivity contribution in [1.82, 2.24) is 19.2 Å². The van der Waals surface area contributed by atoms with E-state index in [0.717, 1.165) is 11.3 Å². The van der Waals surface area contributed by atoms with Crippen molar-refractivity contribution >= 4 is 21.7 Å². The zero-order valence-electron chi connectivity index (χ0n) is 17.9. The molecule has 30 heavy (non-hydrogen) atoms. The molecule has 2 aromatic rings. The van der Waals surface area contributed by atoms with Crippen LogP contribution in [0.2, 0.25) is 0 Å². The molecule has 1 saturated heterocycles. The van der Waals surface area contributed by atoms with Crippen LogP contribution in [-0.2, 0) is 21.4 Å². The number of carbonyl (C=O) groups excluding carboxylic acids is 1. The van der Waals surface area contributed by atoms with Gasteiger partial charge in [0.1, 0.15) is 11.6 Å². The van der Waals surface area contributed by atoms with Crippen molar-refractivity contribution in [3.05, 3.63) is 47.4 Å². The van der Waals surface area contributed by atoms with Crippen LogP contribution in [0.15, 0.2) is 35.2 Å². The van der Waals surface area contributed by atoms with Gasteiger partial charge in [0.25, 0.3) is 0 Å². The molecule has 1 fully saturated rings. The molecule has 1 N–H and O–H groups in total. The van der Waals surface area contributed by atoms with Gasteiger partial charge in [-0.25, -0.2) is 18.4 Å². The van der Waals surface area contributed by atoms with Crippen molar-refractivity contribution in [3.8, 4) is 0 Å². The zero-order valence-corrected chi connectivity index (χ0v) is 18.7. The smallest absolute Gasteiger partial charge is 0.243 e. The topological polar surface area (TPSA) is 95.5 Å². The number of piperidine rings is 1. The predicted octanol–water partition coefficient (Wildman–Crippen LogP) is 2.37. The van der Waals surface area contributed by atoms with Gasteiger partial charge in [-0.3, -0.25) is 4.79 Å². The number of benzene rings is 1. The van der Waals surface area contributed by atoms with Gasteiger partial charge in [-0.15, -0.1) is 0 Å². The fourth-order valence-electron chi connectivity index (χ4n) is 3.50. The maximum absolute atomic E-state index is 12.9. The molecule has 0 atom stereocenters. The molecule has 9 heteroatoms. The molecular weight excluding hydrogens is 402 g/mol. The van der Waals surface area contributed by atoms with Crippen molar-refractivity contribution < 1.29 is 13.2 Å². The van der Waals surface area contributed by atoms with Gasteiger partial charge >= 0.3 is 0 Å². The summed E-state index contributed by atoms with van der Waals surface area (Å²) < 4.78 is 27.4. The first-order chi connectivity index (χ1) is 14.2. The van der Waals surface area contributed by atoms with E-state index < -0.39 is 10.0 Å². The van der Waals surface area contributed by atoms with Crippen molar-refractivity contribution in [2.45, 2.75) is 44.0 Å². The molecule has 1 aromatic carbocycles. The summed E-state index contributed by atoms with van der Waals surface area (Å²) in [6, 6.07) is 8.88. The summed E-state index contributed by atoms with van der Waals surface area (Å²) in [4.78, 5) is 22.6. The Morgan fingerprint density at radius 1 is 1.20 bits per heavy atom. The average molecular weight is 432 g/mol. The number of hydrogen-bond donors (Lipinski definition) is 1. The summed E-state index contributed by atoms with van der Waals surface area (Å²) in [6.45, 7) is 4.67. The van der Waals surface area contributed by atoms with E-state index in [2.05, 4.69) is 15.3 Å². The third kappa shape index (κ3) is 4.96. The number of rotatable bonds is 6. The largest absolute Gasteiger partial charge is 0.373 e. The van der Waals surface area contributed by atoms with E-state index in [1.54, 1.807) is 35.4 Å². The second-order valence-electron chi connectivity index (χ2n) is 7.71. The SMILES string of the molecule is CNc1cc(C2CCN(S(=O)(=O)c3ccc(C)cc3)CC2)nc(CN(C)C(C)=O)n1. The predicted molar refractivity (Wildman–Crippen MR) is 116 cm³/mol. The maximum atomic E-state index is 12.9. The van der Waals surface area contributed by atoms with Crippen molar-refractivity contribution in [2.24, 2.45) is 0 Å². The van der Waals surface area contributed by atoms with Gasteiger partial charge in [0.15, 0.2) is 0 Å². The molecule has 0 spiro atoms. The van der Waals surface area contributed by atoms with Crippen LogP contribution in [0.4, 0.5) is 5.82 Å². The highest BCUT2D eigenvalue weighted by Crippen LogP contribution is 2.31. The van der Waals surface area contributed by atoms with Crippen LogP contribution in [0.25, 0.3) is 0 Å². The van der Waals surface area contributed by atoms with Crippen LogP contribution >= 0.6 is 0 Å². The number of nitrogens with zero attached hydrogens (tertiary/aromatic N) is 4. The highest BCUT2D eigenvalue weighted by molar-refractivity contribution is 7.89. The quantitative estimate of drug-likeness (QED) is 0.754. The van der Waals surface area contributed by atoms with Gasteiger partial charge in [0.05, 0.1) is 11.4 Å². The molecule has 3 rings (SSSR count). The summed E-state index contributed by atoms with van der Waals surface area (Å²) in [6.07, 6.45) is 1.38. The summed E-state index contributed by atoms with van der Waals surface area (Å²) in [5, 5.41) is 3.05. The zero-order chi connectivity index (χ0) is 21.9. The van der Waals surface area contributed by atoms with Gasteiger partial charge < -0.3 is 10.2 Å². The Morgan fingerprint density at radius 2 is 1.83 bits per heavy atom. The highest BCUT2D eigenvalue weighted by atomic mass is 32.2. The molecule has 1 aromatic heterocycles. The van der Waals surface area contributed by atoms with E-state index >= 15 is 0 Å². The van der Waals surface area contributed by atoms with Gasteiger partial charge in [-0.05, 0) is 31.9 Å². The molecule has 0 bridgehead atoms. The molecule has 0 unspecified atom stereocenters. The third-order valence-corrected chi connectivity index (χ3v) is 7.41. The minimum absolute atomic E-state index is 0.0513. The lowest BCUT2D eigenvalue weighted by molar-refractivity contribution is -0.128. The molecule has 1 amide bonds. The van der Waals surface area contributed by atoms with E-state index in [4.69, 9.17) is 0 Å². The molecule has 8 nitrogen and oxygen atoms in total. The number of aryl methyl sites for hydroxylation is 1. The summed E-state index contributed by atoms with van der Waals surface area (Å²) >= 11 is 0. The van der Waals surface area contributed by atoms with Crippen molar-refractivity contribution in [2.75, 3.05) is 32.5 Å². The van der Waals surface area contributed by atoms with E-state index in [0.29, 0.717) is 49.0 Å². The molecule has 1 aliphatic rings. The summed E-state index contributed by atoms with van der Waals surface area (Å²) in [5.74, 6) is 1.36. The third-order valence-electron chi connectivity index (χ3n) is 5.50. The normalized spacial score (nSPS) is 15.7. The lowest BCUT2D eigenvalue weighted by Crippen LogP contribution is -2.38. The van der Waals surface area contributed by atoms with Crippen LogP contribution < -0.4 is 5.32 Å². The van der Waals surface area contributed by atoms with Gasteiger partial charge in [-0.1, -0.05) is 17.7 Å². The van der Waals surface area contributed by atoms with Crippen molar-refractivity contribution in [3.63, 3.8) is 0 Å². The van der Waals surface area contributed by atoms with E-state index in [9.17, 15) is 13.2 Å². The maximum Gasteiger partial charge on any atom is 0.243 e. The molecule has 0 aliphatic carbocycles. The fraction of sp³-hybridized carbons (Fsp3) is 0.476. The molecule has 1 aliphatic heterocycles. The Labute approximate surface area is 178 Å². The minimum Gasteiger partial charge on any atom is -0.373 e.